The molecule has 3 aliphatic carbocycles. The molecule has 0 unspecified atom stereocenters. The van der Waals surface area contributed by atoms with Crippen LogP contribution in [0.4, 0.5) is 0 Å². The predicted molar refractivity (Wildman–Crippen MR) is 107 cm³/mol. The Morgan fingerprint density at radius 2 is 1.80 bits per heavy atom. The Labute approximate surface area is 150 Å². The molecule has 25 heavy (non-hydrogen) atoms. The maximum atomic E-state index is 2.62. The normalized spacial score (nSPS) is 28.0. The van der Waals surface area contributed by atoms with Crippen LogP contribution in [0.5, 0.6) is 0 Å². The van der Waals surface area contributed by atoms with Gasteiger partial charge in [0.15, 0.2) is 0 Å². The van der Waals surface area contributed by atoms with E-state index in [0.717, 1.165) is 12.3 Å². The molecule has 0 heterocycles. The lowest BCUT2D eigenvalue weighted by molar-refractivity contribution is 0.383. The molecule has 0 saturated heterocycles. The zero-order valence-corrected chi connectivity index (χ0v) is 15.1. The van der Waals surface area contributed by atoms with Crippen molar-refractivity contribution in [2.24, 2.45) is 11.3 Å². The Kier molecular flexibility index (Phi) is 3.48. The molecule has 0 atom stereocenters. The molecule has 5 rings (SSSR count). The standard InChI is InChI=1S/C25H26/c1-2-18-6-8-21(9-7-18)23-5-3-4-22-14-20(15-24(22)23)17-25-12-10-19(16-25)11-13-25/h3-9,14-15,17,19H,2,10-13,16H2,1H3. The summed E-state index contributed by atoms with van der Waals surface area (Å²) in [5.41, 5.74) is 6.06. The number of rotatable bonds is 3. The van der Waals surface area contributed by atoms with E-state index in [-0.39, 0.29) is 0 Å². The molecule has 0 radical (unpaired) electrons. The number of hydrogen-bond acceptors (Lipinski definition) is 0. The molecule has 2 aromatic rings. The van der Waals surface area contributed by atoms with E-state index in [9.17, 15) is 0 Å². The summed E-state index contributed by atoms with van der Waals surface area (Å²) >= 11 is 0. The Morgan fingerprint density at radius 1 is 1.00 bits per heavy atom. The third-order valence-electron chi connectivity index (χ3n) is 6.72. The van der Waals surface area contributed by atoms with Crippen molar-refractivity contribution >= 4 is 12.2 Å². The van der Waals surface area contributed by atoms with Gasteiger partial charge in [-0.05, 0) is 94.7 Å². The summed E-state index contributed by atoms with van der Waals surface area (Å²) in [6, 6.07) is 15.8. The lowest BCUT2D eigenvalue weighted by Gasteiger charge is -2.22. The highest BCUT2D eigenvalue weighted by atomic mass is 14.5. The van der Waals surface area contributed by atoms with Crippen LogP contribution < -0.4 is 10.4 Å². The smallest absolute Gasteiger partial charge is 0.00994 e. The minimum Gasteiger partial charge on any atom is -0.0710 e. The van der Waals surface area contributed by atoms with E-state index < -0.39 is 0 Å². The van der Waals surface area contributed by atoms with Crippen molar-refractivity contribution in [1.82, 2.24) is 0 Å². The van der Waals surface area contributed by atoms with E-state index in [0.29, 0.717) is 5.41 Å². The van der Waals surface area contributed by atoms with Gasteiger partial charge in [0, 0.05) is 0 Å². The Morgan fingerprint density at radius 3 is 2.48 bits per heavy atom. The molecule has 0 nitrogen and oxygen atoms in total. The maximum absolute atomic E-state index is 2.62. The van der Waals surface area contributed by atoms with E-state index in [1.54, 1.807) is 0 Å². The minimum atomic E-state index is 0.512. The molecule has 0 N–H and O–H groups in total. The van der Waals surface area contributed by atoms with Gasteiger partial charge in [0.2, 0.25) is 0 Å². The van der Waals surface area contributed by atoms with Gasteiger partial charge >= 0.3 is 0 Å². The highest BCUT2D eigenvalue weighted by molar-refractivity contribution is 5.78. The number of benzene rings is 2. The van der Waals surface area contributed by atoms with Gasteiger partial charge in [-0.3, -0.25) is 0 Å². The molecule has 0 aliphatic heterocycles. The van der Waals surface area contributed by atoms with E-state index in [1.165, 1.54) is 64.8 Å². The average Bonchev–Trinajstić information content (AvgIpc) is 3.35. The van der Waals surface area contributed by atoms with Crippen LogP contribution in [0.3, 0.4) is 0 Å². The zero-order valence-electron chi connectivity index (χ0n) is 15.1. The second-order valence-electron chi connectivity index (χ2n) is 8.30. The van der Waals surface area contributed by atoms with Crippen LogP contribution in [0.1, 0.15) is 44.6 Å². The Hall–Kier alpha value is -2.08. The fourth-order valence-corrected chi connectivity index (χ4v) is 5.31. The van der Waals surface area contributed by atoms with Crippen LogP contribution in [0.2, 0.25) is 0 Å². The van der Waals surface area contributed by atoms with E-state index in [4.69, 9.17) is 0 Å². The lowest BCUT2D eigenvalue weighted by atomic mass is 9.82. The second kappa shape index (κ2) is 5.73. The summed E-state index contributed by atoms with van der Waals surface area (Å²) in [6.07, 6.45) is 15.7. The SMILES string of the molecule is CCc1ccc(-c2cccc3c2=CC(=CC24CCC(CC2)C4)C=3)cc1. The summed E-state index contributed by atoms with van der Waals surface area (Å²) in [5.74, 6) is 1.01. The molecule has 0 aromatic heterocycles. The minimum absolute atomic E-state index is 0.512. The zero-order chi connectivity index (χ0) is 16.9. The van der Waals surface area contributed by atoms with Crippen LogP contribution in [0.15, 0.2) is 54.1 Å². The number of fused-ring (bicyclic) bond motifs is 3. The number of aryl methyl sites for hydroxylation is 1. The van der Waals surface area contributed by atoms with Gasteiger partial charge in [0.25, 0.3) is 0 Å². The third kappa shape index (κ3) is 2.59. The predicted octanol–water partition coefficient (Wildman–Crippen LogP) is 5.00. The Bertz CT molecular complexity index is 948. The number of allylic oxidation sites excluding steroid dienone is 2. The topological polar surface area (TPSA) is 0 Å². The van der Waals surface area contributed by atoms with Crippen molar-refractivity contribution in [2.75, 3.05) is 0 Å². The molecular weight excluding hydrogens is 300 g/mol. The van der Waals surface area contributed by atoms with Crippen molar-refractivity contribution in [1.29, 1.82) is 0 Å². The van der Waals surface area contributed by atoms with E-state index in [1.807, 2.05) is 0 Å². The van der Waals surface area contributed by atoms with Gasteiger partial charge in [-0.1, -0.05) is 55.5 Å². The van der Waals surface area contributed by atoms with Crippen molar-refractivity contribution in [3.63, 3.8) is 0 Å². The molecule has 0 amide bonds. The largest absolute Gasteiger partial charge is 0.0710 e. The maximum Gasteiger partial charge on any atom is -0.00994 e. The highest BCUT2D eigenvalue weighted by Gasteiger charge is 2.43. The summed E-state index contributed by atoms with van der Waals surface area (Å²) in [7, 11) is 0. The first kappa shape index (κ1) is 15.2. The van der Waals surface area contributed by atoms with E-state index >= 15 is 0 Å². The fourth-order valence-electron chi connectivity index (χ4n) is 5.31. The van der Waals surface area contributed by atoms with Gasteiger partial charge in [0.1, 0.15) is 0 Å². The van der Waals surface area contributed by atoms with Gasteiger partial charge in [-0.15, -0.1) is 0 Å². The Balaban J connectivity index is 1.57. The van der Waals surface area contributed by atoms with Gasteiger partial charge in [-0.25, -0.2) is 0 Å². The molecule has 3 aliphatic rings. The fraction of sp³-hybridized carbons (Fsp3) is 0.360. The summed E-state index contributed by atoms with van der Waals surface area (Å²) in [6.45, 7) is 2.21. The molecule has 2 bridgehead atoms. The van der Waals surface area contributed by atoms with Crippen molar-refractivity contribution in [3.05, 3.63) is 70.1 Å². The monoisotopic (exact) mass is 326 g/mol. The van der Waals surface area contributed by atoms with Gasteiger partial charge < -0.3 is 0 Å². The quantitative estimate of drug-likeness (QED) is 0.745. The van der Waals surface area contributed by atoms with Gasteiger partial charge in [0.05, 0.1) is 0 Å². The summed E-state index contributed by atoms with van der Waals surface area (Å²) in [4.78, 5) is 0. The third-order valence-corrected chi connectivity index (χ3v) is 6.72. The number of hydrogen-bond donors (Lipinski definition) is 0. The van der Waals surface area contributed by atoms with Crippen LogP contribution >= 0.6 is 0 Å². The summed E-state index contributed by atoms with van der Waals surface area (Å²) < 4.78 is 0. The van der Waals surface area contributed by atoms with Crippen LogP contribution in [0, 0.1) is 11.3 Å². The first-order chi connectivity index (χ1) is 12.2. The first-order valence-electron chi connectivity index (χ1n) is 9.89. The lowest BCUT2D eigenvalue weighted by Crippen LogP contribution is -2.22. The summed E-state index contributed by atoms with van der Waals surface area (Å²) in [5, 5.41) is 2.79. The molecule has 126 valence electrons. The van der Waals surface area contributed by atoms with Crippen LogP contribution in [-0.4, -0.2) is 0 Å². The van der Waals surface area contributed by atoms with Crippen molar-refractivity contribution < 1.29 is 0 Å². The van der Waals surface area contributed by atoms with E-state index in [2.05, 4.69) is 67.6 Å². The molecule has 0 spiro atoms. The average molecular weight is 326 g/mol. The molecule has 0 heteroatoms. The first-order valence-corrected chi connectivity index (χ1v) is 9.89. The van der Waals surface area contributed by atoms with Gasteiger partial charge in [-0.2, -0.15) is 0 Å². The highest BCUT2D eigenvalue weighted by Crippen LogP contribution is 2.55. The molecule has 2 fully saturated rings. The molecular formula is C25H26. The molecule has 2 aromatic carbocycles. The van der Waals surface area contributed by atoms with Crippen molar-refractivity contribution in [3.8, 4) is 11.1 Å². The second-order valence-corrected chi connectivity index (χ2v) is 8.30. The molecule has 2 saturated carbocycles. The van der Waals surface area contributed by atoms with Crippen molar-refractivity contribution in [2.45, 2.75) is 45.4 Å². The van der Waals surface area contributed by atoms with Crippen LogP contribution in [0.25, 0.3) is 23.3 Å². The van der Waals surface area contributed by atoms with Crippen LogP contribution in [-0.2, 0) is 6.42 Å².